The van der Waals surface area contributed by atoms with Gasteiger partial charge in [0.25, 0.3) is 5.91 Å². The van der Waals surface area contributed by atoms with Gasteiger partial charge in [0.2, 0.25) is 5.91 Å². The Morgan fingerprint density at radius 1 is 0.898 bits per heavy atom. The van der Waals surface area contributed by atoms with Crippen molar-refractivity contribution in [2.75, 3.05) is 26.2 Å². The molecular formula is C38H50F3N3O5. The number of unbranched alkanes of at least 4 members (excludes halogenated alkanes) is 9. The number of carbonyl (C=O) groups excluding carboxylic acids is 3. The number of halogens is 3. The average Bonchev–Trinajstić information content (AvgIpc) is 3.09. The molecule has 1 heterocycles. The van der Waals surface area contributed by atoms with Gasteiger partial charge in [-0.3, -0.25) is 14.4 Å². The Labute approximate surface area is 287 Å². The molecular weight excluding hydrogens is 635 g/mol. The number of amides is 3. The Balaban J connectivity index is 1.42. The highest BCUT2D eigenvalue weighted by atomic mass is 19.4. The minimum absolute atomic E-state index is 0.0457. The molecule has 1 aliphatic rings. The normalized spacial score (nSPS) is 13.8. The predicted molar refractivity (Wildman–Crippen MR) is 183 cm³/mol. The number of likely N-dealkylation sites (tertiary alicyclic amines) is 1. The molecule has 0 atom stereocenters. The van der Waals surface area contributed by atoms with Gasteiger partial charge in [-0.25, -0.2) is 4.79 Å². The molecule has 0 radical (unpaired) electrons. The number of carboxylic acids is 1. The van der Waals surface area contributed by atoms with E-state index in [-0.39, 0.29) is 36.4 Å². The lowest BCUT2D eigenvalue weighted by molar-refractivity contribution is -0.156. The summed E-state index contributed by atoms with van der Waals surface area (Å²) in [6, 6.07) is 11.5. The summed E-state index contributed by atoms with van der Waals surface area (Å²) in [7, 11) is 0. The summed E-state index contributed by atoms with van der Waals surface area (Å²) in [5.41, 5.74) is 0.651. The third-order valence-electron chi connectivity index (χ3n) is 8.91. The number of nitrogens with one attached hydrogen (secondary N) is 1. The van der Waals surface area contributed by atoms with Crippen molar-refractivity contribution < 1.29 is 37.5 Å². The van der Waals surface area contributed by atoms with E-state index in [0.717, 1.165) is 25.0 Å². The monoisotopic (exact) mass is 685 g/mol. The zero-order valence-electron chi connectivity index (χ0n) is 28.5. The zero-order chi connectivity index (χ0) is 35.6. The molecule has 11 heteroatoms. The Bertz CT molecular complexity index is 1390. The van der Waals surface area contributed by atoms with Crippen molar-refractivity contribution in [2.24, 2.45) is 5.92 Å². The van der Waals surface area contributed by atoms with Crippen LogP contribution < -0.4 is 5.32 Å². The van der Waals surface area contributed by atoms with Crippen LogP contribution in [0, 0.1) is 5.92 Å². The number of aliphatic carboxylic acids is 1. The van der Waals surface area contributed by atoms with Crippen molar-refractivity contribution in [2.45, 2.75) is 96.7 Å². The first kappa shape index (κ1) is 39.3. The Morgan fingerprint density at radius 2 is 1.51 bits per heavy atom. The largest absolute Gasteiger partial charge is 0.474 e. The van der Waals surface area contributed by atoms with E-state index in [4.69, 9.17) is 0 Å². The molecule has 1 saturated heterocycles. The SMILES string of the molecule is CCCCCCCCCCCCNC(=O)c1ccc(CN(CC2CCN(C(=O)C=Cc3cccc(C(F)(F)F)c3)CC2)C(=O)C(=O)O)cc1. The van der Waals surface area contributed by atoms with E-state index in [1.807, 2.05) is 0 Å². The van der Waals surface area contributed by atoms with E-state index < -0.39 is 23.6 Å². The second kappa shape index (κ2) is 20.4. The summed E-state index contributed by atoms with van der Waals surface area (Å²) < 4.78 is 39.0. The lowest BCUT2D eigenvalue weighted by atomic mass is 9.95. The van der Waals surface area contributed by atoms with Gasteiger partial charge in [0.05, 0.1) is 5.56 Å². The lowest BCUT2D eigenvalue weighted by Gasteiger charge is -2.34. The fourth-order valence-corrected chi connectivity index (χ4v) is 5.99. The number of piperidine rings is 1. The molecule has 8 nitrogen and oxygen atoms in total. The molecule has 49 heavy (non-hydrogen) atoms. The molecule has 1 fully saturated rings. The van der Waals surface area contributed by atoms with Crippen LogP contribution in [-0.2, 0) is 27.1 Å². The summed E-state index contributed by atoms with van der Waals surface area (Å²) in [5.74, 6) is -3.14. The molecule has 2 N–H and O–H groups in total. The van der Waals surface area contributed by atoms with Crippen LogP contribution in [0.2, 0.25) is 0 Å². The first-order chi connectivity index (χ1) is 23.5. The van der Waals surface area contributed by atoms with E-state index in [1.54, 1.807) is 29.2 Å². The van der Waals surface area contributed by atoms with Crippen LogP contribution in [0.25, 0.3) is 6.08 Å². The van der Waals surface area contributed by atoms with Gasteiger partial charge in [-0.15, -0.1) is 0 Å². The van der Waals surface area contributed by atoms with E-state index in [0.29, 0.717) is 43.6 Å². The van der Waals surface area contributed by atoms with Gasteiger partial charge in [-0.1, -0.05) is 89.0 Å². The first-order valence-electron chi connectivity index (χ1n) is 17.5. The van der Waals surface area contributed by atoms with Crippen molar-refractivity contribution in [3.8, 4) is 0 Å². The topological polar surface area (TPSA) is 107 Å². The van der Waals surface area contributed by atoms with E-state index in [1.165, 1.54) is 80.6 Å². The van der Waals surface area contributed by atoms with Gasteiger partial charge < -0.3 is 20.2 Å². The van der Waals surface area contributed by atoms with Gasteiger partial charge in [0.15, 0.2) is 0 Å². The maximum absolute atomic E-state index is 13.0. The summed E-state index contributed by atoms with van der Waals surface area (Å²) in [5, 5.41) is 12.4. The third-order valence-corrected chi connectivity index (χ3v) is 8.91. The van der Waals surface area contributed by atoms with Gasteiger partial charge in [-0.2, -0.15) is 13.2 Å². The minimum atomic E-state index is -4.47. The number of benzene rings is 2. The van der Waals surface area contributed by atoms with Crippen LogP contribution in [-0.4, -0.2) is 64.8 Å². The number of hydrogen-bond donors (Lipinski definition) is 2. The Morgan fingerprint density at radius 3 is 2.10 bits per heavy atom. The molecule has 0 unspecified atom stereocenters. The van der Waals surface area contributed by atoms with Crippen molar-refractivity contribution >= 4 is 29.8 Å². The van der Waals surface area contributed by atoms with Crippen LogP contribution in [0.1, 0.15) is 111 Å². The quantitative estimate of drug-likeness (QED) is 0.0950. The van der Waals surface area contributed by atoms with Crippen molar-refractivity contribution in [1.29, 1.82) is 0 Å². The molecule has 3 rings (SSSR count). The predicted octanol–water partition coefficient (Wildman–Crippen LogP) is 7.72. The van der Waals surface area contributed by atoms with E-state index >= 15 is 0 Å². The maximum Gasteiger partial charge on any atom is 0.416 e. The number of carbonyl (C=O) groups is 4. The number of nitrogens with zero attached hydrogens (tertiary/aromatic N) is 2. The number of rotatable bonds is 18. The molecule has 268 valence electrons. The fourth-order valence-electron chi connectivity index (χ4n) is 5.99. The molecule has 0 bridgehead atoms. The minimum Gasteiger partial charge on any atom is -0.474 e. The van der Waals surface area contributed by atoms with Gasteiger partial charge in [0.1, 0.15) is 0 Å². The summed E-state index contributed by atoms with van der Waals surface area (Å²) in [4.78, 5) is 52.3. The van der Waals surface area contributed by atoms with Crippen LogP contribution >= 0.6 is 0 Å². The fraction of sp³-hybridized carbons (Fsp3) is 0.526. The van der Waals surface area contributed by atoms with Crippen molar-refractivity contribution in [1.82, 2.24) is 15.1 Å². The molecule has 3 amide bonds. The highest BCUT2D eigenvalue weighted by molar-refractivity contribution is 6.31. The molecule has 0 aromatic heterocycles. The molecule has 0 spiro atoms. The highest BCUT2D eigenvalue weighted by Crippen LogP contribution is 2.30. The van der Waals surface area contributed by atoms with Crippen LogP contribution in [0.15, 0.2) is 54.6 Å². The first-order valence-corrected chi connectivity index (χ1v) is 17.5. The van der Waals surface area contributed by atoms with E-state index in [9.17, 15) is 37.5 Å². The van der Waals surface area contributed by atoms with Crippen LogP contribution in [0.3, 0.4) is 0 Å². The van der Waals surface area contributed by atoms with Gasteiger partial charge in [-0.05, 0) is 66.6 Å². The maximum atomic E-state index is 13.0. The summed E-state index contributed by atoms with van der Waals surface area (Å²) >= 11 is 0. The van der Waals surface area contributed by atoms with Crippen molar-refractivity contribution in [3.05, 3.63) is 76.9 Å². The standard InChI is InChI=1S/C38H50F3N3O5/c1-2-3-4-5-6-7-8-9-10-11-23-42-35(46)32-18-15-30(16-19-32)27-44(36(47)37(48)49)28-31-21-24-43(25-22-31)34(45)20-17-29-13-12-14-33(26-29)38(39,40)41/h12-20,26,31H,2-11,21-25,27-28H2,1H3,(H,42,46)(H,48,49). The zero-order valence-corrected chi connectivity index (χ0v) is 28.5. The molecule has 0 saturated carbocycles. The van der Waals surface area contributed by atoms with Crippen LogP contribution in [0.4, 0.5) is 13.2 Å². The highest BCUT2D eigenvalue weighted by Gasteiger charge is 2.30. The molecule has 1 aliphatic heterocycles. The number of carboxylic acid groups (broad SMARTS) is 1. The lowest BCUT2D eigenvalue weighted by Crippen LogP contribution is -2.44. The molecule has 0 aliphatic carbocycles. The van der Waals surface area contributed by atoms with Gasteiger partial charge >= 0.3 is 18.1 Å². The van der Waals surface area contributed by atoms with E-state index in [2.05, 4.69) is 12.2 Å². The van der Waals surface area contributed by atoms with Gasteiger partial charge in [0, 0.05) is 44.4 Å². The van der Waals surface area contributed by atoms with Crippen molar-refractivity contribution in [3.63, 3.8) is 0 Å². The third kappa shape index (κ3) is 14.1. The number of hydrogen-bond acceptors (Lipinski definition) is 4. The Kier molecular flexibility index (Phi) is 16.3. The Hall–Kier alpha value is -4.15. The second-order valence-corrected chi connectivity index (χ2v) is 12.9. The smallest absolute Gasteiger partial charge is 0.416 e. The second-order valence-electron chi connectivity index (χ2n) is 12.9. The number of alkyl halides is 3. The molecule has 2 aromatic carbocycles. The summed E-state index contributed by atoms with van der Waals surface area (Å²) in [6.07, 6.45) is 11.4. The average molecular weight is 686 g/mol. The molecule has 2 aromatic rings. The van der Waals surface area contributed by atoms with Crippen LogP contribution in [0.5, 0.6) is 0 Å². The summed E-state index contributed by atoms with van der Waals surface area (Å²) in [6.45, 7) is 3.82.